The van der Waals surface area contributed by atoms with Crippen LogP contribution in [0.15, 0.2) is 0 Å². The Labute approximate surface area is 191 Å². The molecule has 0 aliphatic heterocycles. The van der Waals surface area contributed by atoms with E-state index in [0.29, 0.717) is 12.2 Å². The Kier molecular flexibility index (Phi) is 13.5. The maximum absolute atomic E-state index is 12.8. The van der Waals surface area contributed by atoms with Gasteiger partial charge in [0.1, 0.15) is 24.2 Å². The van der Waals surface area contributed by atoms with Crippen LogP contribution in [-0.2, 0) is 24.0 Å². The second kappa shape index (κ2) is 14.6. The molecule has 8 N–H and O–H groups in total. The van der Waals surface area contributed by atoms with E-state index in [1.54, 1.807) is 20.1 Å². The van der Waals surface area contributed by atoms with Crippen molar-refractivity contribution in [2.24, 2.45) is 11.7 Å². The number of aliphatic carboxylic acids is 2. The summed E-state index contributed by atoms with van der Waals surface area (Å²) < 4.78 is 0. The fourth-order valence-corrected chi connectivity index (χ4v) is 3.05. The molecule has 6 unspecified atom stereocenters. The Morgan fingerprint density at radius 3 is 1.94 bits per heavy atom. The van der Waals surface area contributed by atoms with Gasteiger partial charge in [-0.1, -0.05) is 20.3 Å². The van der Waals surface area contributed by atoms with Crippen LogP contribution in [0.4, 0.5) is 0 Å². The molecule has 0 aliphatic rings. The van der Waals surface area contributed by atoms with Gasteiger partial charge in [-0.15, -0.1) is 0 Å². The van der Waals surface area contributed by atoms with Gasteiger partial charge in [-0.25, -0.2) is 4.79 Å². The molecule has 0 radical (unpaired) electrons. The van der Waals surface area contributed by atoms with Crippen molar-refractivity contribution in [2.45, 2.75) is 70.3 Å². The third kappa shape index (κ3) is 10.3. The number of hydrogen-bond donors (Lipinski definition) is 7. The number of aliphatic hydroxyl groups is 1. The SMILES string of the molecule is CCC(C)C(NC(=O)C(N)C(C)O)C(=O)NC(CC(=O)O)C(=O)NC(CCSC)C(=O)O. The van der Waals surface area contributed by atoms with Gasteiger partial charge in [0.05, 0.1) is 12.5 Å². The molecule has 0 aromatic carbocycles. The number of carboxylic acid groups (broad SMARTS) is 2. The van der Waals surface area contributed by atoms with Gasteiger partial charge in [0.15, 0.2) is 0 Å². The summed E-state index contributed by atoms with van der Waals surface area (Å²) in [5.41, 5.74) is 5.60. The first-order valence-electron chi connectivity index (χ1n) is 10.1. The molecule has 0 aromatic rings. The molecule has 12 nitrogen and oxygen atoms in total. The summed E-state index contributed by atoms with van der Waals surface area (Å²) in [7, 11) is 0. The first-order chi connectivity index (χ1) is 14.8. The van der Waals surface area contributed by atoms with E-state index >= 15 is 0 Å². The number of carboxylic acids is 2. The average Bonchev–Trinajstić information content (AvgIpc) is 2.71. The van der Waals surface area contributed by atoms with Gasteiger partial charge in [0.2, 0.25) is 17.7 Å². The molecule has 0 bridgehead atoms. The number of thioether (sulfide) groups is 1. The van der Waals surface area contributed by atoms with E-state index in [-0.39, 0.29) is 6.42 Å². The van der Waals surface area contributed by atoms with E-state index in [1.165, 1.54) is 18.7 Å². The number of aliphatic hydroxyl groups excluding tert-OH is 1. The minimum absolute atomic E-state index is 0.110. The van der Waals surface area contributed by atoms with Crippen LogP contribution >= 0.6 is 11.8 Å². The van der Waals surface area contributed by atoms with Gasteiger partial charge < -0.3 is 37.0 Å². The van der Waals surface area contributed by atoms with Crippen molar-refractivity contribution in [3.05, 3.63) is 0 Å². The topological polar surface area (TPSA) is 208 Å². The van der Waals surface area contributed by atoms with E-state index in [1.807, 2.05) is 0 Å². The quantitative estimate of drug-likeness (QED) is 0.145. The molecule has 32 heavy (non-hydrogen) atoms. The number of rotatable bonds is 15. The van der Waals surface area contributed by atoms with Crippen LogP contribution in [-0.4, -0.2) is 87.3 Å². The summed E-state index contributed by atoms with van der Waals surface area (Å²) in [5.74, 6) is -5.23. The number of hydrogen-bond acceptors (Lipinski definition) is 8. The number of nitrogens with one attached hydrogen (secondary N) is 3. The minimum atomic E-state index is -1.56. The maximum atomic E-state index is 12.8. The fraction of sp³-hybridized carbons (Fsp3) is 0.737. The van der Waals surface area contributed by atoms with Gasteiger partial charge in [-0.3, -0.25) is 19.2 Å². The lowest BCUT2D eigenvalue weighted by atomic mass is 9.97. The van der Waals surface area contributed by atoms with Crippen molar-refractivity contribution in [1.29, 1.82) is 0 Å². The van der Waals surface area contributed by atoms with E-state index in [4.69, 9.17) is 10.8 Å². The Hall–Kier alpha value is -2.38. The molecule has 0 saturated heterocycles. The molecular formula is C19H34N4O8S. The lowest BCUT2D eigenvalue weighted by Gasteiger charge is -2.28. The number of nitrogens with two attached hydrogens (primary N) is 1. The first kappa shape index (κ1) is 29.6. The van der Waals surface area contributed by atoms with Gasteiger partial charge in [0.25, 0.3) is 0 Å². The van der Waals surface area contributed by atoms with Gasteiger partial charge in [0, 0.05) is 0 Å². The van der Waals surface area contributed by atoms with Crippen LogP contribution in [0.1, 0.15) is 40.0 Å². The molecule has 13 heteroatoms. The Bertz CT molecular complexity index is 676. The molecule has 184 valence electrons. The molecule has 0 aliphatic carbocycles. The zero-order chi connectivity index (χ0) is 25.0. The highest BCUT2D eigenvalue weighted by Crippen LogP contribution is 2.10. The number of carbonyl (C=O) groups excluding carboxylic acids is 3. The fourth-order valence-electron chi connectivity index (χ4n) is 2.58. The van der Waals surface area contributed by atoms with E-state index in [0.717, 1.165) is 0 Å². The number of carbonyl (C=O) groups is 5. The second-order valence-electron chi connectivity index (χ2n) is 7.48. The molecule has 0 aromatic heterocycles. The van der Waals surface area contributed by atoms with Crippen molar-refractivity contribution in [2.75, 3.05) is 12.0 Å². The zero-order valence-corrected chi connectivity index (χ0v) is 19.5. The molecule has 3 amide bonds. The van der Waals surface area contributed by atoms with Gasteiger partial charge in [-0.05, 0) is 31.3 Å². The lowest BCUT2D eigenvalue weighted by molar-refractivity contribution is -0.143. The number of amides is 3. The van der Waals surface area contributed by atoms with Crippen LogP contribution in [0.2, 0.25) is 0 Å². The van der Waals surface area contributed by atoms with Crippen LogP contribution in [0.3, 0.4) is 0 Å². The lowest BCUT2D eigenvalue weighted by Crippen LogP contribution is -2.59. The molecule has 0 rings (SSSR count). The molecular weight excluding hydrogens is 444 g/mol. The van der Waals surface area contributed by atoms with Crippen LogP contribution in [0, 0.1) is 5.92 Å². The van der Waals surface area contributed by atoms with Gasteiger partial charge >= 0.3 is 11.9 Å². The summed E-state index contributed by atoms with van der Waals surface area (Å²) in [5, 5.41) is 34.9. The highest BCUT2D eigenvalue weighted by atomic mass is 32.2. The van der Waals surface area contributed by atoms with Gasteiger partial charge in [-0.2, -0.15) is 11.8 Å². The average molecular weight is 479 g/mol. The zero-order valence-electron chi connectivity index (χ0n) is 18.7. The van der Waals surface area contributed by atoms with Crippen LogP contribution in [0.25, 0.3) is 0 Å². The van der Waals surface area contributed by atoms with E-state index in [9.17, 15) is 34.2 Å². The summed E-state index contributed by atoms with van der Waals surface area (Å²) >= 11 is 1.38. The highest BCUT2D eigenvalue weighted by Gasteiger charge is 2.33. The Morgan fingerprint density at radius 1 is 0.938 bits per heavy atom. The highest BCUT2D eigenvalue weighted by molar-refractivity contribution is 7.98. The second-order valence-corrected chi connectivity index (χ2v) is 8.46. The Morgan fingerprint density at radius 2 is 1.50 bits per heavy atom. The predicted octanol–water partition coefficient (Wildman–Crippen LogP) is -1.49. The maximum Gasteiger partial charge on any atom is 0.326 e. The van der Waals surface area contributed by atoms with Crippen molar-refractivity contribution in [1.82, 2.24) is 16.0 Å². The molecule has 0 fully saturated rings. The predicted molar refractivity (Wildman–Crippen MR) is 118 cm³/mol. The monoisotopic (exact) mass is 478 g/mol. The first-order valence-corrected chi connectivity index (χ1v) is 11.5. The van der Waals surface area contributed by atoms with Crippen molar-refractivity contribution in [3.8, 4) is 0 Å². The third-order valence-electron chi connectivity index (χ3n) is 4.85. The van der Waals surface area contributed by atoms with E-state index < -0.39 is 72.3 Å². The largest absolute Gasteiger partial charge is 0.481 e. The van der Waals surface area contributed by atoms with Crippen LogP contribution < -0.4 is 21.7 Å². The normalized spacial score (nSPS) is 16.6. The van der Waals surface area contributed by atoms with Crippen molar-refractivity contribution < 1.29 is 39.3 Å². The summed E-state index contributed by atoms with van der Waals surface area (Å²) in [6, 6.07) is -5.27. The standard InChI is InChI=1S/C19H34N4O8S/c1-5-9(2)15(23-17(28)14(20)10(3)24)18(29)22-12(8-13(25)26)16(27)21-11(19(30)31)6-7-32-4/h9-12,14-15,24H,5-8,20H2,1-4H3,(H,21,27)(H,22,29)(H,23,28)(H,25,26)(H,30,31). The summed E-state index contributed by atoms with van der Waals surface area (Å²) in [6.07, 6.45) is 0.365. The third-order valence-corrected chi connectivity index (χ3v) is 5.50. The molecule has 6 atom stereocenters. The molecule has 0 saturated carbocycles. The molecule has 0 spiro atoms. The Balaban J connectivity index is 5.55. The van der Waals surface area contributed by atoms with Crippen LogP contribution in [0.5, 0.6) is 0 Å². The molecule has 0 heterocycles. The van der Waals surface area contributed by atoms with E-state index in [2.05, 4.69) is 16.0 Å². The minimum Gasteiger partial charge on any atom is -0.481 e. The summed E-state index contributed by atoms with van der Waals surface area (Å²) in [4.78, 5) is 60.2. The smallest absolute Gasteiger partial charge is 0.326 e. The van der Waals surface area contributed by atoms with Crippen molar-refractivity contribution in [3.63, 3.8) is 0 Å². The summed E-state index contributed by atoms with van der Waals surface area (Å²) in [6.45, 7) is 4.73. The van der Waals surface area contributed by atoms with Crippen molar-refractivity contribution >= 4 is 41.4 Å².